The third-order valence-corrected chi connectivity index (χ3v) is 2.40. The average molecular weight is 196 g/mol. The molecule has 2 heterocycles. The molecule has 5 heteroatoms. The highest BCUT2D eigenvalue weighted by molar-refractivity contribution is 7.71. The van der Waals surface area contributed by atoms with Crippen LogP contribution in [-0.2, 0) is 13.0 Å². The lowest BCUT2D eigenvalue weighted by molar-refractivity contribution is 0.626. The van der Waals surface area contributed by atoms with Crippen molar-refractivity contribution >= 4 is 18.0 Å². The van der Waals surface area contributed by atoms with Crippen LogP contribution in [-0.4, -0.2) is 23.6 Å². The van der Waals surface area contributed by atoms with Crippen LogP contribution in [0.15, 0.2) is 0 Å². The molecule has 0 spiro atoms. The molecule has 0 saturated carbocycles. The molecule has 3 N–H and O–H groups in total. The summed E-state index contributed by atoms with van der Waals surface area (Å²) in [6, 6.07) is 0. The van der Waals surface area contributed by atoms with Crippen LogP contribution in [0.5, 0.6) is 0 Å². The maximum Gasteiger partial charge on any atom is 0.198 e. The zero-order valence-electron chi connectivity index (χ0n) is 7.48. The molecular formula is C8H12N4S. The molecule has 70 valence electrons. The largest absolute Gasteiger partial charge is 0.373 e. The summed E-state index contributed by atoms with van der Waals surface area (Å²) in [6.07, 6.45) is 0.996. The summed E-state index contributed by atoms with van der Waals surface area (Å²) in [6.45, 7) is 1.87. The van der Waals surface area contributed by atoms with E-state index in [-0.39, 0.29) is 0 Å². The van der Waals surface area contributed by atoms with Crippen LogP contribution in [0.25, 0.3) is 0 Å². The van der Waals surface area contributed by atoms with Crippen molar-refractivity contribution in [2.45, 2.75) is 13.0 Å². The Bertz CT molecular complexity index is 351. The van der Waals surface area contributed by atoms with Crippen LogP contribution in [0.4, 0.5) is 5.82 Å². The highest BCUT2D eigenvalue weighted by Gasteiger charge is 2.13. The molecule has 1 aliphatic heterocycles. The number of hydrogen-bond donors (Lipinski definition) is 3. The Morgan fingerprint density at radius 1 is 1.54 bits per heavy atom. The summed E-state index contributed by atoms with van der Waals surface area (Å²) >= 11 is 5.02. The van der Waals surface area contributed by atoms with Crippen molar-refractivity contribution in [3.8, 4) is 0 Å². The van der Waals surface area contributed by atoms with Crippen molar-refractivity contribution in [1.82, 2.24) is 15.3 Å². The van der Waals surface area contributed by atoms with Gasteiger partial charge in [0.2, 0.25) is 0 Å². The highest BCUT2D eigenvalue weighted by Crippen LogP contribution is 2.17. The van der Waals surface area contributed by atoms with Gasteiger partial charge in [-0.15, -0.1) is 0 Å². The van der Waals surface area contributed by atoms with Gasteiger partial charge >= 0.3 is 0 Å². The Hall–Kier alpha value is -0.940. The number of aromatic nitrogens is 2. The summed E-state index contributed by atoms with van der Waals surface area (Å²) in [5.41, 5.74) is 2.42. The van der Waals surface area contributed by atoms with Gasteiger partial charge in [-0.2, -0.15) is 0 Å². The minimum absolute atomic E-state index is 0.560. The highest BCUT2D eigenvalue weighted by atomic mass is 32.1. The molecule has 1 aliphatic rings. The third kappa shape index (κ3) is 1.57. The fraction of sp³-hybridized carbons (Fsp3) is 0.500. The first kappa shape index (κ1) is 8.65. The Morgan fingerprint density at radius 3 is 3.15 bits per heavy atom. The van der Waals surface area contributed by atoms with Crippen LogP contribution < -0.4 is 10.6 Å². The number of rotatable bonds is 1. The van der Waals surface area contributed by atoms with E-state index in [1.54, 1.807) is 0 Å². The van der Waals surface area contributed by atoms with Crippen molar-refractivity contribution in [3.63, 3.8) is 0 Å². The maximum atomic E-state index is 5.02. The molecule has 0 unspecified atom stereocenters. The molecule has 0 fully saturated rings. The lowest BCUT2D eigenvalue weighted by Crippen LogP contribution is -2.26. The van der Waals surface area contributed by atoms with Crippen molar-refractivity contribution in [2.24, 2.45) is 0 Å². The fourth-order valence-corrected chi connectivity index (χ4v) is 1.80. The Morgan fingerprint density at radius 2 is 2.38 bits per heavy atom. The molecule has 0 radical (unpaired) electrons. The van der Waals surface area contributed by atoms with Crippen molar-refractivity contribution in [2.75, 3.05) is 18.9 Å². The van der Waals surface area contributed by atoms with Crippen LogP contribution in [0.1, 0.15) is 11.3 Å². The predicted octanol–water partition coefficient (Wildman–Crippen LogP) is 0.827. The van der Waals surface area contributed by atoms with Gasteiger partial charge in [-0.3, -0.25) is 0 Å². The lowest BCUT2D eigenvalue weighted by atomic mass is 10.1. The van der Waals surface area contributed by atoms with Gasteiger partial charge in [-0.25, -0.2) is 4.98 Å². The second kappa shape index (κ2) is 3.43. The van der Waals surface area contributed by atoms with Gasteiger partial charge in [0, 0.05) is 37.8 Å². The van der Waals surface area contributed by atoms with E-state index in [1.165, 1.54) is 11.3 Å². The number of H-pyrrole nitrogens is 1. The zero-order chi connectivity index (χ0) is 9.26. The summed E-state index contributed by atoms with van der Waals surface area (Å²) in [5, 5.41) is 6.36. The third-order valence-electron chi connectivity index (χ3n) is 2.21. The number of hydrogen-bond acceptors (Lipinski definition) is 4. The quantitative estimate of drug-likeness (QED) is 0.582. The number of aromatic amines is 1. The van der Waals surface area contributed by atoms with Crippen LogP contribution in [0, 0.1) is 4.77 Å². The van der Waals surface area contributed by atoms with E-state index in [4.69, 9.17) is 12.2 Å². The molecular weight excluding hydrogens is 184 g/mol. The minimum Gasteiger partial charge on any atom is -0.373 e. The number of fused-ring (bicyclic) bond motifs is 1. The van der Waals surface area contributed by atoms with Gasteiger partial charge < -0.3 is 15.6 Å². The van der Waals surface area contributed by atoms with Gasteiger partial charge in [-0.05, 0) is 12.2 Å². The molecule has 2 rings (SSSR count). The number of anilines is 1. The smallest absolute Gasteiger partial charge is 0.198 e. The number of nitrogens with zero attached hydrogens (tertiary/aromatic N) is 1. The van der Waals surface area contributed by atoms with E-state index in [2.05, 4.69) is 20.6 Å². The Balaban J connectivity index is 2.57. The first-order valence-electron chi connectivity index (χ1n) is 4.32. The average Bonchev–Trinajstić information content (AvgIpc) is 2.16. The zero-order valence-corrected chi connectivity index (χ0v) is 8.29. The van der Waals surface area contributed by atoms with E-state index in [1.807, 2.05) is 7.05 Å². The summed E-state index contributed by atoms with van der Waals surface area (Å²) in [7, 11) is 1.87. The van der Waals surface area contributed by atoms with E-state index >= 15 is 0 Å². The molecule has 0 amide bonds. The molecule has 0 aliphatic carbocycles. The molecule has 4 nitrogen and oxygen atoms in total. The maximum absolute atomic E-state index is 5.02. The van der Waals surface area contributed by atoms with E-state index in [0.29, 0.717) is 4.77 Å². The first-order chi connectivity index (χ1) is 6.31. The summed E-state index contributed by atoms with van der Waals surface area (Å²) in [4.78, 5) is 7.34. The Labute approximate surface area is 81.8 Å². The van der Waals surface area contributed by atoms with Gasteiger partial charge in [0.15, 0.2) is 4.77 Å². The Kier molecular flexibility index (Phi) is 2.28. The van der Waals surface area contributed by atoms with Crippen molar-refractivity contribution in [1.29, 1.82) is 0 Å². The van der Waals surface area contributed by atoms with E-state index in [9.17, 15) is 0 Å². The molecule has 0 atom stereocenters. The molecule has 0 aromatic carbocycles. The van der Waals surface area contributed by atoms with Gasteiger partial charge in [0.25, 0.3) is 0 Å². The molecule has 0 bridgehead atoms. The van der Waals surface area contributed by atoms with Crippen LogP contribution in [0.2, 0.25) is 0 Å². The van der Waals surface area contributed by atoms with Gasteiger partial charge in [0.05, 0.1) is 0 Å². The minimum atomic E-state index is 0.560. The van der Waals surface area contributed by atoms with Crippen molar-refractivity contribution < 1.29 is 0 Å². The molecule has 1 aromatic rings. The monoisotopic (exact) mass is 196 g/mol. The standard InChI is InChI=1S/C8H12N4S/c1-9-7-5-4-10-3-2-6(5)11-8(13)12-7/h10H,2-4H2,1H3,(H2,9,11,12,13). The normalized spacial score (nSPS) is 15.2. The molecule has 1 aromatic heterocycles. The summed E-state index contributed by atoms with van der Waals surface area (Å²) < 4.78 is 0.560. The van der Waals surface area contributed by atoms with Gasteiger partial charge in [0.1, 0.15) is 5.82 Å². The topological polar surface area (TPSA) is 52.7 Å². The van der Waals surface area contributed by atoms with Crippen LogP contribution >= 0.6 is 12.2 Å². The first-order valence-corrected chi connectivity index (χ1v) is 4.72. The predicted molar refractivity (Wildman–Crippen MR) is 54.4 cm³/mol. The fourth-order valence-electron chi connectivity index (χ4n) is 1.58. The van der Waals surface area contributed by atoms with Crippen molar-refractivity contribution in [3.05, 3.63) is 16.0 Å². The van der Waals surface area contributed by atoms with Crippen LogP contribution in [0.3, 0.4) is 0 Å². The number of nitrogens with one attached hydrogen (secondary N) is 3. The molecule has 13 heavy (non-hydrogen) atoms. The SMILES string of the molecule is CNc1nc(=S)[nH]c2c1CNCC2. The second-order valence-corrected chi connectivity index (χ2v) is 3.41. The van der Waals surface area contributed by atoms with Gasteiger partial charge in [-0.1, -0.05) is 0 Å². The second-order valence-electron chi connectivity index (χ2n) is 3.02. The van der Waals surface area contributed by atoms with E-state index in [0.717, 1.165) is 25.3 Å². The summed E-state index contributed by atoms with van der Waals surface area (Å²) in [5.74, 6) is 0.894. The molecule has 0 saturated heterocycles. The van der Waals surface area contributed by atoms with E-state index < -0.39 is 0 Å². The lowest BCUT2D eigenvalue weighted by Gasteiger charge is -2.18.